The number of phenolic OH excluding ortho intramolecular Hbond substituents is 1. The Balaban J connectivity index is 1.40. The van der Waals surface area contributed by atoms with Crippen LogP contribution >= 0.6 is 0 Å². The van der Waals surface area contributed by atoms with E-state index in [0.717, 1.165) is 33.9 Å². The maximum Gasteiger partial charge on any atom is 0.246 e. The molecule has 0 unspecified atom stereocenters. The van der Waals surface area contributed by atoms with Gasteiger partial charge in [-0.15, -0.1) is 0 Å². The summed E-state index contributed by atoms with van der Waals surface area (Å²) in [5.74, 6) is -0.274. The fourth-order valence-electron chi connectivity index (χ4n) is 4.34. The van der Waals surface area contributed by atoms with Crippen molar-refractivity contribution in [3.8, 4) is 5.75 Å². The molecule has 1 N–H and O–H groups in total. The Morgan fingerprint density at radius 1 is 1.06 bits per heavy atom. The molecule has 10 heteroatoms. The van der Waals surface area contributed by atoms with E-state index in [4.69, 9.17) is 0 Å². The number of hydrogen-bond acceptors (Lipinski definition) is 6. The van der Waals surface area contributed by atoms with Crippen LogP contribution in [0.3, 0.4) is 0 Å². The summed E-state index contributed by atoms with van der Waals surface area (Å²) in [4.78, 5) is 19.1. The molecule has 1 amide bonds. The minimum atomic E-state index is -3.82. The zero-order valence-electron chi connectivity index (χ0n) is 19.4. The van der Waals surface area contributed by atoms with Crippen LogP contribution < -0.4 is 0 Å². The smallest absolute Gasteiger partial charge is 0.246 e. The first kappa shape index (κ1) is 23.2. The molecule has 4 rings (SSSR count). The van der Waals surface area contributed by atoms with Gasteiger partial charge in [-0.25, -0.2) is 17.9 Å². The second-order valence-electron chi connectivity index (χ2n) is 8.57. The van der Waals surface area contributed by atoms with Gasteiger partial charge in [0.2, 0.25) is 15.9 Å². The third kappa shape index (κ3) is 4.45. The lowest BCUT2D eigenvalue weighted by atomic mass is 10.1. The summed E-state index contributed by atoms with van der Waals surface area (Å²) in [5.41, 5.74) is 5.33. The Kier molecular flexibility index (Phi) is 6.15. The van der Waals surface area contributed by atoms with Crippen molar-refractivity contribution in [2.75, 3.05) is 26.2 Å². The molecule has 9 nitrogen and oxygen atoms in total. The zero-order valence-corrected chi connectivity index (χ0v) is 20.2. The number of hydrogen-bond donors (Lipinski definition) is 1. The molecule has 176 valence electrons. The quantitative estimate of drug-likeness (QED) is 0.611. The van der Waals surface area contributed by atoms with Gasteiger partial charge in [0.25, 0.3) is 0 Å². The third-order valence-corrected chi connectivity index (χ3v) is 8.13. The molecule has 0 aliphatic carbocycles. The molecule has 0 radical (unpaired) electrons. The zero-order chi connectivity index (χ0) is 23.9. The van der Waals surface area contributed by atoms with Gasteiger partial charge in [-0.1, -0.05) is 6.07 Å². The number of sulfonamides is 1. The molecule has 3 heterocycles. The number of benzene rings is 1. The highest BCUT2D eigenvalue weighted by molar-refractivity contribution is 7.89. The number of phenols is 1. The highest BCUT2D eigenvalue weighted by Gasteiger charge is 2.32. The third-order valence-electron chi connectivity index (χ3n) is 6.20. The summed E-state index contributed by atoms with van der Waals surface area (Å²) < 4.78 is 29.1. The molecule has 2 aromatic heterocycles. The molecular formula is C23H29N5O4S. The first-order valence-electron chi connectivity index (χ1n) is 11.0. The van der Waals surface area contributed by atoms with Crippen LogP contribution in [0.15, 0.2) is 29.2 Å². The monoisotopic (exact) mass is 471 g/mol. The van der Waals surface area contributed by atoms with Crippen LogP contribution in [-0.2, 0) is 21.2 Å². The van der Waals surface area contributed by atoms with Gasteiger partial charge in [-0.2, -0.15) is 9.40 Å². The summed E-state index contributed by atoms with van der Waals surface area (Å²) in [7, 11) is -3.82. The number of piperazine rings is 1. The number of fused-ring (bicyclic) bond motifs is 1. The Morgan fingerprint density at radius 3 is 2.45 bits per heavy atom. The lowest BCUT2D eigenvalue weighted by Crippen LogP contribution is -2.50. The maximum atomic E-state index is 13.0. The average Bonchev–Trinajstić information content (AvgIpc) is 3.15. The van der Waals surface area contributed by atoms with Gasteiger partial charge in [-0.05, 0) is 57.4 Å². The molecule has 1 aromatic carbocycles. The molecular weight excluding hydrogens is 442 g/mol. The molecule has 1 saturated heterocycles. The van der Waals surface area contributed by atoms with Crippen LogP contribution in [0.4, 0.5) is 0 Å². The van der Waals surface area contributed by atoms with Gasteiger partial charge in [0.15, 0.2) is 5.65 Å². The van der Waals surface area contributed by atoms with Crippen LogP contribution in [-0.4, -0.2) is 69.4 Å². The second-order valence-corrected chi connectivity index (χ2v) is 10.5. The molecule has 3 aromatic rings. The van der Waals surface area contributed by atoms with E-state index in [1.165, 1.54) is 16.4 Å². The number of carbonyl (C=O) groups is 1. The van der Waals surface area contributed by atoms with Gasteiger partial charge in [0, 0.05) is 50.1 Å². The van der Waals surface area contributed by atoms with Crippen molar-refractivity contribution in [3.63, 3.8) is 0 Å². The second kappa shape index (κ2) is 8.75. The van der Waals surface area contributed by atoms with E-state index >= 15 is 0 Å². The first-order valence-corrected chi connectivity index (χ1v) is 12.4. The number of aromatic nitrogens is 3. The number of amides is 1. The number of carbonyl (C=O) groups excluding carboxylic acids is 1. The van der Waals surface area contributed by atoms with Crippen molar-refractivity contribution < 1.29 is 18.3 Å². The Bertz CT molecular complexity index is 1320. The van der Waals surface area contributed by atoms with Gasteiger partial charge < -0.3 is 10.0 Å². The van der Waals surface area contributed by atoms with Crippen LogP contribution in [0.1, 0.15) is 34.6 Å². The standard InChI is InChI=1S/C23H29N5O4S/c1-15-5-7-20(29)21(13-15)33(31,32)27-11-9-26(10-12-27)23(30)8-6-19-17(3)24-22-14-16(2)25-28(22)18(19)4/h5,7,13-14,29H,6,8-12H2,1-4H3. The molecule has 1 aliphatic rings. The maximum absolute atomic E-state index is 13.0. The van der Waals surface area contributed by atoms with Crippen LogP contribution in [0, 0.1) is 27.7 Å². The van der Waals surface area contributed by atoms with Crippen molar-refractivity contribution in [1.29, 1.82) is 0 Å². The summed E-state index contributed by atoms with van der Waals surface area (Å²) in [6.45, 7) is 8.65. The van der Waals surface area contributed by atoms with E-state index in [9.17, 15) is 18.3 Å². The van der Waals surface area contributed by atoms with Crippen LogP contribution in [0.2, 0.25) is 0 Å². The molecule has 1 aliphatic heterocycles. The van der Waals surface area contributed by atoms with Gasteiger partial charge >= 0.3 is 0 Å². The van der Waals surface area contributed by atoms with E-state index in [0.29, 0.717) is 25.9 Å². The normalized spacial score (nSPS) is 15.3. The van der Waals surface area contributed by atoms with Gasteiger partial charge in [0.1, 0.15) is 10.6 Å². The highest BCUT2D eigenvalue weighted by Crippen LogP contribution is 2.27. The van der Waals surface area contributed by atoms with Crippen molar-refractivity contribution in [2.24, 2.45) is 0 Å². The lowest BCUT2D eigenvalue weighted by molar-refractivity contribution is -0.132. The van der Waals surface area contributed by atoms with E-state index in [1.807, 2.05) is 31.4 Å². The molecule has 0 spiro atoms. The van der Waals surface area contributed by atoms with E-state index < -0.39 is 10.0 Å². The minimum Gasteiger partial charge on any atom is -0.507 e. The van der Waals surface area contributed by atoms with Crippen molar-refractivity contribution in [3.05, 3.63) is 52.5 Å². The molecule has 33 heavy (non-hydrogen) atoms. The van der Waals surface area contributed by atoms with E-state index in [2.05, 4.69) is 10.1 Å². The summed E-state index contributed by atoms with van der Waals surface area (Å²) in [5, 5.41) is 14.5. The van der Waals surface area contributed by atoms with E-state index in [-0.39, 0.29) is 29.6 Å². The minimum absolute atomic E-state index is 0.0130. The topological polar surface area (TPSA) is 108 Å². The number of aryl methyl sites for hydroxylation is 4. The fraction of sp³-hybridized carbons (Fsp3) is 0.435. The molecule has 0 bridgehead atoms. The average molecular weight is 472 g/mol. The highest BCUT2D eigenvalue weighted by atomic mass is 32.2. The van der Waals surface area contributed by atoms with Gasteiger partial charge in [-0.3, -0.25) is 4.79 Å². The Morgan fingerprint density at radius 2 is 1.76 bits per heavy atom. The summed E-state index contributed by atoms with van der Waals surface area (Å²) >= 11 is 0. The predicted molar refractivity (Wildman–Crippen MR) is 124 cm³/mol. The summed E-state index contributed by atoms with van der Waals surface area (Å²) in [6.07, 6.45) is 0.870. The SMILES string of the molecule is Cc1ccc(O)c(S(=O)(=O)N2CCN(C(=O)CCc3c(C)nc4cc(C)nn4c3C)CC2)c1. The predicted octanol–water partition coefficient (Wildman–Crippen LogP) is 2.13. The number of nitrogens with zero attached hydrogens (tertiary/aromatic N) is 5. The van der Waals surface area contributed by atoms with Gasteiger partial charge in [0.05, 0.1) is 5.69 Å². The largest absolute Gasteiger partial charge is 0.507 e. The first-order chi connectivity index (χ1) is 15.6. The van der Waals surface area contributed by atoms with Crippen molar-refractivity contribution in [2.45, 2.75) is 45.4 Å². The van der Waals surface area contributed by atoms with E-state index in [1.54, 1.807) is 17.9 Å². The van der Waals surface area contributed by atoms with Crippen molar-refractivity contribution in [1.82, 2.24) is 23.8 Å². The fourth-order valence-corrected chi connectivity index (χ4v) is 5.93. The van der Waals surface area contributed by atoms with Crippen LogP contribution in [0.5, 0.6) is 5.75 Å². The Labute approximate surface area is 193 Å². The van der Waals surface area contributed by atoms with Crippen LogP contribution in [0.25, 0.3) is 5.65 Å². The number of aromatic hydroxyl groups is 1. The lowest BCUT2D eigenvalue weighted by Gasteiger charge is -2.34. The molecule has 0 saturated carbocycles. The van der Waals surface area contributed by atoms with Crippen molar-refractivity contribution >= 4 is 21.6 Å². The molecule has 0 atom stereocenters. The summed E-state index contributed by atoms with van der Waals surface area (Å²) in [6, 6.07) is 6.45. The molecule has 1 fully saturated rings. The Hall–Kier alpha value is -2.98. The number of rotatable bonds is 5.